The lowest BCUT2D eigenvalue weighted by Gasteiger charge is -2.37. The zero-order valence-electron chi connectivity index (χ0n) is 16.8. The van der Waals surface area contributed by atoms with Crippen LogP contribution in [0.5, 0.6) is 0 Å². The molecule has 1 amide bonds. The highest BCUT2D eigenvalue weighted by molar-refractivity contribution is 5.80. The van der Waals surface area contributed by atoms with Crippen molar-refractivity contribution in [1.29, 1.82) is 0 Å². The van der Waals surface area contributed by atoms with Gasteiger partial charge in [0.1, 0.15) is 0 Å². The van der Waals surface area contributed by atoms with Crippen LogP contribution in [0.3, 0.4) is 0 Å². The van der Waals surface area contributed by atoms with Gasteiger partial charge < -0.3 is 19.6 Å². The predicted molar refractivity (Wildman–Crippen MR) is 107 cm³/mol. The van der Waals surface area contributed by atoms with Gasteiger partial charge in [-0.15, -0.1) is 12.3 Å². The Bertz CT molecular complexity index is 832. The Morgan fingerprint density at radius 1 is 1.31 bits per heavy atom. The molecule has 2 bridgehead atoms. The Morgan fingerprint density at radius 3 is 2.79 bits per heavy atom. The van der Waals surface area contributed by atoms with Crippen LogP contribution < -0.4 is 4.90 Å². The molecule has 1 N–H and O–H groups in total. The lowest BCUT2D eigenvalue weighted by Crippen LogP contribution is -2.48. The third kappa shape index (κ3) is 3.19. The number of nitrogens with zero attached hydrogens (tertiary/aromatic N) is 4. The molecule has 7 nitrogen and oxygen atoms in total. The molecule has 6 atom stereocenters. The molecule has 7 heteroatoms. The maximum absolute atomic E-state index is 13.3. The molecule has 4 aliphatic heterocycles. The number of hydrogen-bond acceptors (Lipinski definition) is 6. The molecule has 4 saturated heterocycles. The summed E-state index contributed by atoms with van der Waals surface area (Å²) in [5.41, 5.74) is 0.923. The second-order valence-electron chi connectivity index (χ2n) is 8.97. The maximum atomic E-state index is 13.3. The minimum Gasteiger partial charge on any atom is -0.390 e. The lowest BCUT2D eigenvalue weighted by atomic mass is 9.82. The Labute approximate surface area is 171 Å². The number of aryl methyl sites for hydroxylation is 1. The molecule has 0 spiro atoms. The first-order chi connectivity index (χ1) is 14.0. The summed E-state index contributed by atoms with van der Waals surface area (Å²) in [6.07, 6.45) is 8.74. The Kier molecular flexibility index (Phi) is 4.72. The number of fused-ring (bicyclic) bond motifs is 4. The zero-order valence-corrected chi connectivity index (χ0v) is 16.8. The quantitative estimate of drug-likeness (QED) is 0.747. The van der Waals surface area contributed by atoms with Gasteiger partial charge in [0.05, 0.1) is 24.2 Å². The van der Waals surface area contributed by atoms with E-state index in [4.69, 9.17) is 11.2 Å². The molecule has 1 aromatic rings. The van der Waals surface area contributed by atoms with Crippen molar-refractivity contribution in [2.75, 3.05) is 31.1 Å². The summed E-state index contributed by atoms with van der Waals surface area (Å²) in [5.74, 6) is 4.00. The zero-order chi connectivity index (χ0) is 20.1. The van der Waals surface area contributed by atoms with E-state index in [1.807, 2.05) is 17.9 Å². The smallest absolute Gasteiger partial charge is 0.228 e. The van der Waals surface area contributed by atoms with E-state index in [9.17, 15) is 9.90 Å². The lowest BCUT2D eigenvalue weighted by molar-refractivity contribution is -0.148. The summed E-state index contributed by atoms with van der Waals surface area (Å²) >= 11 is 0. The van der Waals surface area contributed by atoms with Crippen LogP contribution in [-0.4, -0.2) is 70.4 Å². The van der Waals surface area contributed by atoms with Crippen LogP contribution in [0.2, 0.25) is 0 Å². The van der Waals surface area contributed by atoms with Gasteiger partial charge in [-0.3, -0.25) is 4.79 Å². The Hall–Kier alpha value is -2.17. The van der Waals surface area contributed by atoms with Crippen LogP contribution in [0.25, 0.3) is 0 Å². The summed E-state index contributed by atoms with van der Waals surface area (Å²) < 4.78 is 6.20. The average Bonchev–Trinajstić information content (AvgIpc) is 3.36. The molecule has 0 radical (unpaired) electrons. The minimum absolute atomic E-state index is 0.0906. The highest BCUT2D eigenvalue weighted by atomic mass is 16.5. The molecular formula is C22H28N4O3. The largest absolute Gasteiger partial charge is 0.390 e. The number of piperidine rings is 1. The second kappa shape index (κ2) is 7.26. The maximum Gasteiger partial charge on any atom is 0.228 e. The van der Waals surface area contributed by atoms with Gasteiger partial charge in [0.15, 0.2) is 0 Å². The predicted octanol–water partition coefficient (Wildman–Crippen LogP) is 0.857. The number of amides is 1. The third-order valence-electron chi connectivity index (χ3n) is 7.29. The Morgan fingerprint density at radius 2 is 2.07 bits per heavy atom. The number of likely N-dealkylation sites (tertiary alicyclic amines) is 1. The topological polar surface area (TPSA) is 78.8 Å². The monoisotopic (exact) mass is 396 g/mol. The number of ether oxygens (including phenoxy) is 1. The van der Waals surface area contributed by atoms with Crippen molar-refractivity contribution in [3.63, 3.8) is 0 Å². The summed E-state index contributed by atoms with van der Waals surface area (Å²) in [6, 6.07) is 1.88. The summed E-state index contributed by atoms with van der Waals surface area (Å²) in [5, 5.41) is 10.9. The molecule has 1 aromatic heterocycles. The molecule has 0 saturated carbocycles. The number of aliphatic hydroxyl groups is 1. The molecular weight excluding hydrogens is 368 g/mol. The van der Waals surface area contributed by atoms with E-state index in [1.54, 1.807) is 6.20 Å². The molecule has 4 fully saturated rings. The number of aliphatic hydroxyl groups excluding tert-OH is 1. The van der Waals surface area contributed by atoms with Gasteiger partial charge in [-0.2, -0.15) is 0 Å². The standard InChI is InChI=1S/C22H28N4O3/c1-3-14-5-8-25(9-6-14)21(28)15-10-18-19(27)16-11-26(12-17(16)20(15)29-18)22-23-7-4-13(2)24-22/h1,4,7,14-20,27H,5-6,8-12H2,2H3/t15?,16-,17+,18+,19+,20-/m1/s1. The molecule has 1 unspecified atom stereocenters. The summed E-state index contributed by atoms with van der Waals surface area (Å²) in [4.78, 5) is 26.4. The first kappa shape index (κ1) is 18.8. The molecule has 5 rings (SSSR count). The van der Waals surface area contributed by atoms with Crippen LogP contribution in [0.15, 0.2) is 12.3 Å². The molecule has 0 aromatic carbocycles. The van der Waals surface area contributed by atoms with E-state index in [0.29, 0.717) is 25.5 Å². The fraction of sp³-hybridized carbons (Fsp3) is 0.682. The minimum atomic E-state index is -0.545. The first-order valence-corrected chi connectivity index (χ1v) is 10.7. The van der Waals surface area contributed by atoms with Gasteiger partial charge in [0, 0.05) is 55.8 Å². The summed E-state index contributed by atoms with van der Waals surface area (Å²) in [6.45, 7) is 4.82. The van der Waals surface area contributed by atoms with Crippen molar-refractivity contribution in [1.82, 2.24) is 14.9 Å². The van der Waals surface area contributed by atoms with Gasteiger partial charge in [-0.05, 0) is 32.3 Å². The summed E-state index contributed by atoms with van der Waals surface area (Å²) in [7, 11) is 0. The van der Waals surface area contributed by atoms with Crippen molar-refractivity contribution in [3.05, 3.63) is 18.0 Å². The average molecular weight is 396 g/mol. The van der Waals surface area contributed by atoms with Crippen molar-refractivity contribution < 1.29 is 14.6 Å². The fourth-order valence-corrected chi connectivity index (χ4v) is 5.69. The number of carbonyl (C=O) groups excluding carboxylic acids is 1. The van der Waals surface area contributed by atoms with Crippen molar-refractivity contribution >= 4 is 11.9 Å². The van der Waals surface area contributed by atoms with Crippen LogP contribution in [-0.2, 0) is 9.53 Å². The second-order valence-corrected chi connectivity index (χ2v) is 8.97. The van der Waals surface area contributed by atoms with Crippen LogP contribution in [0, 0.1) is 42.9 Å². The van der Waals surface area contributed by atoms with Crippen molar-refractivity contribution in [2.24, 2.45) is 23.7 Å². The third-order valence-corrected chi connectivity index (χ3v) is 7.29. The molecule has 154 valence electrons. The number of hydrogen-bond donors (Lipinski definition) is 1. The molecule has 0 aliphatic carbocycles. The highest BCUT2D eigenvalue weighted by Gasteiger charge is 2.58. The Balaban J connectivity index is 1.33. The van der Waals surface area contributed by atoms with Gasteiger partial charge in [0.2, 0.25) is 11.9 Å². The van der Waals surface area contributed by atoms with Gasteiger partial charge in [0.25, 0.3) is 0 Å². The SMILES string of the molecule is C#CC1CCN(C(=O)C2C[C@@H]3O[C@H]2[C@H]2CN(c4nccc(C)n4)C[C@H]2[C@@H]3O)CC1. The molecule has 4 aliphatic rings. The van der Waals surface area contributed by atoms with E-state index >= 15 is 0 Å². The normalized spacial score (nSPS) is 36.7. The number of aromatic nitrogens is 2. The van der Waals surface area contributed by atoms with E-state index in [-0.39, 0.29) is 41.8 Å². The molecule has 5 heterocycles. The van der Waals surface area contributed by atoms with Gasteiger partial charge >= 0.3 is 0 Å². The first-order valence-electron chi connectivity index (χ1n) is 10.7. The van der Waals surface area contributed by atoms with Crippen LogP contribution in [0.4, 0.5) is 5.95 Å². The van der Waals surface area contributed by atoms with Gasteiger partial charge in [-0.25, -0.2) is 9.97 Å². The number of terminal acetylenes is 1. The van der Waals surface area contributed by atoms with Gasteiger partial charge in [-0.1, -0.05) is 0 Å². The van der Waals surface area contributed by atoms with E-state index in [0.717, 1.165) is 31.6 Å². The number of rotatable bonds is 2. The highest BCUT2D eigenvalue weighted by Crippen LogP contribution is 2.48. The van der Waals surface area contributed by atoms with Crippen LogP contribution in [0.1, 0.15) is 25.0 Å². The number of carbonyl (C=O) groups is 1. The van der Waals surface area contributed by atoms with E-state index in [2.05, 4.69) is 20.8 Å². The van der Waals surface area contributed by atoms with Crippen LogP contribution >= 0.6 is 0 Å². The van der Waals surface area contributed by atoms with E-state index in [1.165, 1.54) is 0 Å². The fourth-order valence-electron chi connectivity index (χ4n) is 5.69. The van der Waals surface area contributed by atoms with E-state index < -0.39 is 6.10 Å². The number of anilines is 1. The van der Waals surface area contributed by atoms with Crippen molar-refractivity contribution in [2.45, 2.75) is 44.5 Å². The van der Waals surface area contributed by atoms with Crippen molar-refractivity contribution in [3.8, 4) is 12.3 Å². The molecule has 29 heavy (non-hydrogen) atoms.